The van der Waals surface area contributed by atoms with E-state index in [0.29, 0.717) is 12.5 Å². The summed E-state index contributed by atoms with van der Waals surface area (Å²) in [6, 6.07) is 6.14. The summed E-state index contributed by atoms with van der Waals surface area (Å²) in [4.78, 5) is 23.6. The number of nitrogens with one attached hydrogen (secondary N) is 1. The number of aliphatic hydroxyl groups excluding tert-OH is 1. The van der Waals surface area contributed by atoms with Gasteiger partial charge in [0.05, 0.1) is 12.6 Å². The van der Waals surface area contributed by atoms with E-state index in [-0.39, 0.29) is 24.1 Å². The average Bonchev–Trinajstić information content (AvgIpc) is 3.31. The van der Waals surface area contributed by atoms with Gasteiger partial charge >= 0.3 is 0 Å². The summed E-state index contributed by atoms with van der Waals surface area (Å²) >= 11 is 0. The predicted octanol–water partition coefficient (Wildman–Crippen LogP) is 1.45. The fourth-order valence-electron chi connectivity index (χ4n) is 4.12. The number of guanidine groups is 1. The zero-order valence-electron chi connectivity index (χ0n) is 18.1. The zero-order valence-corrected chi connectivity index (χ0v) is 18.1. The van der Waals surface area contributed by atoms with E-state index in [0.717, 1.165) is 52.1 Å². The van der Waals surface area contributed by atoms with Gasteiger partial charge in [-0.1, -0.05) is 18.2 Å². The molecule has 1 aromatic rings. The number of aliphatic imine (C=N–C) groups is 1. The van der Waals surface area contributed by atoms with Crippen LogP contribution in [0.4, 0.5) is 4.39 Å². The molecule has 0 radical (unpaired) electrons. The number of hydrogen-bond donors (Lipinski definition) is 2. The molecule has 30 heavy (non-hydrogen) atoms. The Balaban J connectivity index is 1.56. The highest BCUT2D eigenvalue weighted by molar-refractivity contribution is 5.82. The molecule has 1 amide bonds. The highest BCUT2D eigenvalue weighted by Gasteiger charge is 2.30. The molecule has 2 saturated heterocycles. The summed E-state index contributed by atoms with van der Waals surface area (Å²) in [7, 11) is 0. The monoisotopic (exact) mass is 419 g/mol. The smallest absolute Gasteiger partial charge is 0.239 e. The van der Waals surface area contributed by atoms with Crippen molar-refractivity contribution in [2.75, 3.05) is 52.4 Å². The molecule has 3 rings (SSSR count). The molecular formula is C22H34FN5O2. The van der Waals surface area contributed by atoms with Crippen LogP contribution in [0.1, 0.15) is 38.4 Å². The van der Waals surface area contributed by atoms with Crippen LogP contribution in [0.5, 0.6) is 0 Å². The van der Waals surface area contributed by atoms with Crippen molar-refractivity contribution >= 4 is 11.9 Å². The third-order valence-corrected chi connectivity index (χ3v) is 5.95. The van der Waals surface area contributed by atoms with Crippen LogP contribution in [0.25, 0.3) is 0 Å². The third kappa shape index (κ3) is 5.49. The summed E-state index contributed by atoms with van der Waals surface area (Å²) < 4.78 is 13.9. The predicted molar refractivity (Wildman–Crippen MR) is 116 cm³/mol. The number of likely N-dealkylation sites (tertiary alicyclic amines) is 1. The van der Waals surface area contributed by atoms with Gasteiger partial charge in [0.1, 0.15) is 11.9 Å². The lowest BCUT2D eigenvalue weighted by Gasteiger charge is -2.39. The molecule has 166 valence electrons. The fraction of sp³-hybridized carbons (Fsp3) is 0.636. The maximum atomic E-state index is 13.9. The van der Waals surface area contributed by atoms with E-state index in [4.69, 9.17) is 0 Å². The highest BCUT2D eigenvalue weighted by atomic mass is 19.1. The first-order valence-electron chi connectivity index (χ1n) is 11.0. The van der Waals surface area contributed by atoms with Crippen molar-refractivity contribution in [3.8, 4) is 0 Å². The maximum Gasteiger partial charge on any atom is 0.239 e. The van der Waals surface area contributed by atoms with Crippen LogP contribution < -0.4 is 5.32 Å². The lowest BCUT2D eigenvalue weighted by atomic mass is 10.1. The Bertz CT molecular complexity index is 730. The number of nitrogens with zero attached hydrogens (tertiary/aromatic N) is 4. The lowest BCUT2D eigenvalue weighted by Crippen LogP contribution is -2.57. The summed E-state index contributed by atoms with van der Waals surface area (Å²) in [6.45, 7) is 9.61. The van der Waals surface area contributed by atoms with Crippen molar-refractivity contribution in [3.05, 3.63) is 35.6 Å². The number of rotatable bonds is 6. The summed E-state index contributed by atoms with van der Waals surface area (Å²) in [5, 5.41) is 13.6. The van der Waals surface area contributed by atoms with Gasteiger partial charge in [-0.2, -0.15) is 0 Å². The fourth-order valence-corrected chi connectivity index (χ4v) is 4.12. The molecule has 2 aliphatic heterocycles. The number of halogens is 1. The Morgan fingerprint density at radius 2 is 1.80 bits per heavy atom. The molecule has 2 heterocycles. The molecule has 2 N–H and O–H groups in total. The standard InChI is InChI=1S/C22H34FN5O2/c1-3-24-22(25-16-20(29)18-8-4-5-9-19(18)23)28-14-12-26(13-15-28)17(2)21(30)27-10-6-7-11-27/h4-5,8-9,17,20,29H,3,6-7,10-16H2,1-2H3,(H,24,25). The maximum absolute atomic E-state index is 13.9. The van der Waals surface area contributed by atoms with Gasteiger partial charge in [-0.25, -0.2) is 4.39 Å². The van der Waals surface area contributed by atoms with E-state index in [2.05, 4.69) is 20.1 Å². The van der Waals surface area contributed by atoms with Crippen LogP contribution in [0.2, 0.25) is 0 Å². The van der Waals surface area contributed by atoms with E-state index >= 15 is 0 Å². The largest absolute Gasteiger partial charge is 0.386 e. The van der Waals surface area contributed by atoms with Crippen molar-refractivity contribution in [2.45, 2.75) is 38.8 Å². The van der Waals surface area contributed by atoms with E-state index in [1.807, 2.05) is 18.7 Å². The summed E-state index contributed by atoms with van der Waals surface area (Å²) in [6.07, 6.45) is 1.22. The molecule has 2 aliphatic rings. The minimum atomic E-state index is -0.987. The average molecular weight is 420 g/mol. The number of carbonyl (C=O) groups is 1. The lowest BCUT2D eigenvalue weighted by molar-refractivity contribution is -0.135. The van der Waals surface area contributed by atoms with Gasteiger partial charge in [0.25, 0.3) is 0 Å². The first kappa shape index (κ1) is 22.5. The molecule has 1 aromatic carbocycles. The minimum Gasteiger partial charge on any atom is -0.386 e. The number of aliphatic hydroxyl groups is 1. The van der Waals surface area contributed by atoms with Crippen molar-refractivity contribution in [3.63, 3.8) is 0 Å². The molecule has 0 bridgehead atoms. The number of benzene rings is 1. The molecule has 0 spiro atoms. The highest BCUT2D eigenvalue weighted by Crippen LogP contribution is 2.17. The van der Waals surface area contributed by atoms with Crippen molar-refractivity contribution in [1.29, 1.82) is 0 Å². The van der Waals surface area contributed by atoms with Gasteiger partial charge in [-0.3, -0.25) is 14.7 Å². The molecule has 2 atom stereocenters. The van der Waals surface area contributed by atoms with Gasteiger partial charge in [-0.05, 0) is 32.8 Å². The molecule has 0 aromatic heterocycles. The SMILES string of the molecule is CCNC(=NCC(O)c1ccccc1F)N1CCN(C(C)C(=O)N2CCCC2)CC1. The second-order valence-electron chi connectivity index (χ2n) is 7.96. The minimum absolute atomic E-state index is 0.0906. The van der Waals surface area contributed by atoms with E-state index in [1.165, 1.54) is 6.07 Å². The molecule has 2 unspecified atom stereocenters. The zero-order chi connectivity index (χ0) is 21.5. The second kappa shape index (κ2) is 10.7. The first-order chi connectivity index (χ1) is 14.5. The Labute approximate surface area is 178 Å². The number of hydrogen-bond acceptors (Lipinski definition) is 4. The van der Waals surface area contributed by atoms with Crippen molar-refractivity contribution < 1.29 is 14.3 Å². The van der Waals surface area contributed by atoms with Crippen LogP contribution in [0.15, 0.2) is 29.3 Å². The second-order valence-corrected chi connectivity index (χ2v) is 7.96. The van der Waals surface area contributed by atoms with Crippen molar-refractivity contribution in [2.24, 2.45) is 4.99 Å². The number of piperazine rings is 1. The normalized spacial score (nSPS) is 20.3. The van der Waals surface area contributed by atoms with E-state index in [1.54, 1.807) is 18.2 Å². The Morgan fingerprint density at radius 1 is 1.13 bits per heavy atom. The summed E-state index contributed by atoms with van der Waals surface area (Å²) in [5.74, 6) is 0.524. The quantitative estimate of drug-likeness (QED) is 0.540. The summed E-state index contributed by atoms with van der Waals surface area (Å²) in [5.41, 5.74) is 0.260. The van der Waals surface area contributed by atoms with Crippen LogP contribution in [0, 0.1) is 5.82 Å². The topological polar surface area (TPSA) is 71.4 Å². The Hall–Kier alpha value is -2.19. The van der Waals surface area contributed by atoms with Crippen LogP contribution in [-0.4, -0.2) is 90.1 Å². The van der Waals surface area contributed by atoms with Gasteiger partial charge in [0.2, 0.25) is 5.91 Å². The van der Waals surface area contributed by atoms with Gasteiger partial charge in [0.15, 0.2) is 5.96 Å². The molecule has 2 fully saturated rings. The van der Waals surface area contributed by atoms with Gasteiger partial charge in [0, 0.05) is 51.4 Å². The van der Waals surface area contributed by atoms with Gasteiger partial charge in [-0.15, -0.1) is 0 Å². The van der Waals surface area contributed by atoms with E-state index < -0.39 is 11.9 Å². The molecule has 0 saturated carbocycles. The third-order valence-electron chi connectivity index (χ3n) is 5.95. The number of amides is 1. The Morgan fingerprint density at radius 3 is 2.43 bits per heavy atom. The molecule has 7 nitrogen and oxygen atoms in total. The molecular weight excluding hydrogens is 385 g/mol. The van der Waals surface area contributed by atoms with Crippen LogP contribution >= 0.6 is 0 Å². The van der Waals surface area contributed by atoms with Crippen LogP contribution in [0.3, 0.4) is 0 Å². The molecule has 8 heteroatoms. The molecule has 0 aliphatic carbocycles. The first-order valence-corrected chi connectivity index (χ1v) is 11.0. The van der Waals surface area contributed by atoms with Crippen molar-refractivity contribution in [1.82, 2.24) is 20.0 Å². The van der Waals surface area contributed by atoms with E-state index in [9.17, 15) is 14.3 Å². The Kier molecular flexibility index (Phi) is 8.04. The van der Waals surface area contributed by atoms with Gasteiger partial charge < -0.3 is 20.2 Å². The number of carbonyl (C=O) groups excluding carboxylic acids is 1. The van der Waals surface area contributed by atoms with Crippen LogP contribution in [-0.2, 0) is 4.79 Å².